The summed E-state index contributed by atoms with van der Waals surface area (Å²) in [5.74, 6) is 0.684. The van der Waals surface area contributed by atoms with E-state index in [1.165, 1.54) is 25.0 Å². The first-order chi connectivity index (χ1) is 18.7. The fourth-order valence-corrected chi connectivity index (χ4v) is 5.00. The first kappa shape index (κ1) is 22.5. The Kier molecular flexibility index (Phi) is 5.54. The second kappa shape index (κ2) is 9.34. The molecule has 0 saturated carbocycles. The number of ether oxygens (including phenoxy) is 1. The molecule has 38 heavy (non-hydrogen) atoms. The van der Waals surface area contributed by atoms with Crippen LogP contribution in [0.1, 0.15) is 12.8 Å². The Morgan fingerprint density at radius 3 is 2.82 bits per heavy atom. The number of fused-ring (bicyclic) bond motifs is 2. The van der Waals surface area contributed by atoms with Gasteiger partial charge in [0.25, 0.3) is 0 Å². The molecule has 0 aliphatic carbocycles. The van der Waals surface area contributed by atoms with E-state index < -0.39 is 0 Å². The number of hydrogen-bond donors (Lipinski definition) is 3. The molecule has 6 aromatic rings. The molecule has 1 fully saturated rings. The Morgan fingerprint density at radius 2 is 1.95 bits per heavy atom. The number of nitrogens with one attached hydrogen (secondary N) is 3. The van der Waals surface area contributed by atoms with E-state index in [1.807, 2.05) is 18.2 Å². The molecule has 0 radical (unpaired) electrons. The monoisotopic (exact) mass is 509 g/mol. The number of rotatable bonds is 7. The summed E-state index contributed by atoms with van der Waals surface area (Å²) >= 11 is 0. The van der Waals surface area contributed by atoms with Gasteiger partial charge >= 0.3 is 0 Å². The maximum Gasteiger partial charge on any atom is 0.160 e. The van der Waals surface area contributed by atoms with Gasteiger partial charge in [-0.1, -0.05) is 0 Å². The highest BCUT2D eigenvalue weighted by Gasteiger charge is 2.18. The fourth-order valence-electron chi connectivity index (χ4n) is 5.00. The van der Waals surface area contributed by atoms with E-state index in [0.29, 0.717) is 40.6 Å². The SMILES string of the molecule is Fc1cc(OCCN2CCCC2)cc(-c2ccnc3[nH]c(-c4n[nH]c5cnc(-c6cn[nH]c6)cc45)nc23)c1. The number of benzene rings is 1. The minimum Gasteiger partial charge on any atom is -0.492 e. The maximum atomic E-state index is 14.6. The highest BCUT2D eigenvalue weighted by atomic mass is 19.1. The molecule has 0 amide bonds. The van der Waals surface area contributed by atoms with Crippen molar-refractivity contribution in [3.05, 3.63) is 60.9 Å². The number of halogens is 1. The van der Waals surface area contributed by atoms with Gasteiger partial charge < -0.3 is 9.72 Å². The van der Waals surface area contributed by atoms with Crippen LogP contribution < -0.4 is 4.74 Å². The number of imidazole rings is 1. The molecule has 5 aromatic heterocycles. The largest absolute Gasteiger partial charge is 0.492 e. The quantitative estimate of drug-likeness (QED) is 0.288. The van der Waals surface area contributed by atoms with Gasteiger partial charge in [-0.3, -0.25) is 20.1 Å². The minimum atomic E-state index is -0.364. The van der Waals surface area contributed by atoms with Crippen molar-refractivity contribution in [1.82, 2.24) is 45.2 Å². The Labute approximate surface area is 216 Å². The highest BCUT2D eigenvalue weighted by Crippen LogP contribution is 2.33. The number of hydrogen-bond acceptors (Lipinski definition) is 7. The van der Waals surface area contributed by atoms with Gasteiger partial charge in [0.05, 0.1) is 23.6 Å². The first-order valence-corrected chi connectivity index (χ1v) is 12.6. The zero-order valence-corrected chi connectivity index (χ0v) is 20.4. The Hall–Kier alpha value is -4.64. The average Bonchev–Trinajstić information content (AvgIpc) is 3.73. The van der Waals surface area contributed by atoms with Crippen LogP contribution in [0.3, 0.4) is 0 Å². The number of likely N-dealkylation sites (tertiary alicyclic amines) is 1. The summed E-state index contributed by atoms with van der Waals surface area (Å²) < 4.78 is 20.6. The van der Waals surface area contributed by atoms with Crippen LogP contribution in [-0.2, 0) is 0 Å². The normalized spacial score (nSPS) is 14.1. The summed E-state index contributed by atoms with van der Waals surface area (Å²) in [5.41, 5.74) is 5.68. The van der Waals surface area contributed by atoms with Gasteiger partial charge in [-0.2, -0.15) is 10.2 Å². The molecule has 1 aromatic carbocycles. The van der Waals surface area contributed by atoms with Gasteiger partial charge in [-0.15, -0.1) is 0 Å². The van der Waals surface area contributed by atoms with Crippen molar-refractivity contribution in [3.63, 3.8) is 0 Å². The molecule has 1 saturated heterocycles. The Bertz CT molecular complexity index is 1730. The molecule has 1 aliphatic heterocycles. The fraction of sp³-hybridized carbons (Fsp3) is 0.222. The van der Waals surface area contributed by atoms with Gasteiger partial charge in [0, 0.05) is 41.5 Å². The summed E-state index contributed by atoms with van der Waals surface area (Å²) in [5, 5.41) is 15.2. The third kappa shape index (κ3) is 4.16. The van der Waals surface area contributed by atoms with E-state index in [2.05, 4.69) is 40.2 Å². The zero-order valence-electron chi connectivity index (χ0n) is 20.4. The molecule has 0 bridgehead atoms. The van der Waals surface area contributed by atoms with Crippen molar-refractivity contribution >= 4 is 22.1 Å². The van der Waals surface area contributed by atoms with Crippen molar-refractivity contribution in [2.24, 2.45) is 0 Å². The van der Waals surface area contributed by atoms with Crippen molar-refractivity contribution in [3.8, 4) is 39.7 Å². The number of nitrogens with zero attached hydrogens (tertiary/aromatic N) is 6. The number of pyridine rings is 2. The van der Waals surface area contributed by atoms with Crippen molar-refractivity contribution in [2.75, 3.05) is 26.2 Å². The number of aromatic amines is 3. The lowest BCUT2D eigenvalue weighted by Gasteiger charge is -2.15. The van der Waals surface area contributed by atoms with Gasteiger partial charge in [-0.05, 0) is 55.8 Å². The lowest BCUT2D eigenvalue weighted by Crippen LogP contribution is -2.25. The van der Waals surface area contributed by atoms with Gasteiger partial charge in [-0.25, -0.2) is 14.4 Å². The molecule has 1 aliphatic rings. The van der Waals surface area contributed by atoms with Crippen LogP contribution in [0.5, 0.6) is 5.75 Å². The van der Waals surface area contributed by atoms with Crippen molar-refractivity contribution in [1.29, 1.82) is 0 Å². The lowest BCUT2D eigenvalue weighted by molar-refractivity contribution is 0.237. The molecular weight excluding hydrogens is 485 g/mol. The molecule has 0 spiro atoms. The maximum absolute atomic E-state index is 14.6. The standard InChI is InChI=1S/C27H24FN9O/c28-18-9-16(10-19(11-18)38-8-7-37-5-1-2-6-37)20-3-4-29-26-24(20)33-27(34-26)25-21-12-22(17-13-31-32-14-17)30-15-23(21)35-36-25/h3-4,9-15H,1-2,5-8H2,(H,31,32)(H,35,36)(H,29,33,34). The van der Waals surface area contributed by atoms with Crippen molar-refractivity contribution in [2.45, 2.75) is 12.8 Å². The van der Waals surface area contributed by atoms with Gasteiger partial charge in [0.2, 0.25) is 0 Å². The summed E-state index contributed by atoms with van der Waals surface area (Å²) in [6.07, 6.45) is 9.37. The predicted molar refractivity (Wildman–Crippen MR) is 141 cm³/mol. The summed E-state index contributed by atoms with van der Waals surface area (Å²) in [6, 6.07) is 8.54. The third-order valence-corrected chi connectivity index (χ3v) is 6.91. The van der Waals surface area contributed by atoms with Gasteiger partial charge in [0.1, 0.15) is 29.4 Å². The zero-order chi connectivity index (χ0) is 25.5. The second-order valence-corrected chi connectivity index (χ2v) is 9.39. The minimum absolute atomic E-state index is 0.364. The molecule has 3 N–H and O–H groups in total. The predicted octanol–water partition coefficient (Wildman–Crippen LogP) is 4.57. The average molecular weight is 510 g/mol. The molecule has 10 nitrogen and oxygen atoms in total. The molecular formula is C27H24FN9O. The smallest absolute Gasteiger partial charge is 0.160 e. The second-order valence-electron chi connectivity index (χ2n) is 9.39. The van der Waals surface area contributed by atoms with Crippen LogP contribution in [0.15, 0.2) is 55.1 Å². The van der Waals surface area contributed by atoms with Gasteiger partial charge in [0.15, 0.2) is 11.5 Å². The third-order valence-electron chi connectivity index (χ3n) is 6.91. The summed E-state index contributed by atoms with van der Waals surface area (Å²) in [4.78, 5) is 19.4. The molecule has 0 unspecified atom stereocenters. The topological polar surface area (TPSA) is 124 Å². The van der Waals surface area contributed by atoms with E-state index in [1.54, 1.807) is 24.8 Å². The van der Waals surface area contributed by atoms with Crippen LogP contribution >= 0.6 is 0 Å². The number of H-pyrrole nitrogens is 3. The van der Waals surface area contributed by atoms with Crippen molar-refractivity contribution < 1.29 is 9.13 Å². The molecule has 7 rings (SSSR count). The van der Waals surface area contributed by atoms with E-state index in [0.717, 1.165) is 47.4 Å². The van der Waals surface area contributed by atoms with E-state index in [4.69, 9.17) is 9.72 Å². The molecule has 11 heteroatoms. The number of aromatic nitrogens is 8. The van der Waals surface area contributed by atoms with Crippen LogP contribution in [0.2, 0.25) is 0 Å². The molecule has 0 atom stereocenters. The first-order valence-electron chi connectivity index (χ1n) is 12.6. The molecule has 6 heterocycles. The van der Waals surface area contributed by atoms with E-state index in [9.17, 15) is 4.39 Å². The van der Waals surface area contributed by atoms with E-state index >= 15 is 0 Å². The lowest BCUT2D eigenvalue weighted by atomic mass is 10.1. The van der Waals surface area contributed by atoms with E-state index in [-0.39, 0.29) is 5.82 Å². The van der Waals surface area contributed by atoms with Crippen LogP contribution in [-0.4, -0.2) is 71.5 Å². The molecule has 190 valence electrons. The Balaban J connectivity index is 1.23. The van der Waals surface area contributed by atoms with Crippen LogP contribution in [0.4, 0.5) is 4.39 Å². The van der Waals surface area contributed by atoms with Crippen LogP contribution in [0.25, 0.3) is 56.0 Å². The highest BCUT2D eigenvalue weighted by molar-refractivity contribution is 5.96. The summed E-state index contributed by atoms with van der Waals surface area (Å²) in [6.45, 7) is 3.55. The van der Waals surface area contributed by atoms with Crippen LogP contribution in [0, 0.1) is 5.82 Å². The summed E-state index contributed by atoms with van der Waals surface area (Å²) in [7, 11) is 0. The Morgan fingerprint density at radius 1 is 1.03 bits per heavy atom.